The zero-order valence-corrected chi connectivity index (χ0v) is 21.0. The van der Waals surface area contributed by atoms with E-state index >= 15 is 0 Å². The van der Waals surface area contributed by atoms with Crippen molar-refractivity contribution in [3.63, 3.8) is 0 Å². The molecule has 7 nitrogen and oxygen atoms in total. The Kier molecular flexibility index (Phi) is 10.9. The second-order valence-corrected chi connectivity index (χ2v) is 7.41. The second kappa shape index (κ2) is 13.4. The number of rotatable bonds is 8. The van der Waals surface area contributed by atoms with E-state index in [1.807, 2.05) is 43.6 Å². The Bertz CT molecular complexity index is 788. The maximum Gasteiger partial charge on any atom is 0.194 e. The molecule has 1 aliphatic rings. The predicted octanol–water partition coefficient (Wildman–Crippen LogP) is 3.40. The van der Waals surface area contributed by atoms with Crippen molar-refractivity contribution in [2.45, 2.75) is 26.5 Å². The maximum absolute atomic E-state index is 5.80. The van der Waals surface area contributed by atoms with Crippen LogP contribution in [-0.2, 0) is 11.3 Å². The van der Waals surface area contributed by atoms with E-state index in [1.165, 1.54) is 0 Å². The number of guanidine groups is 1. The molecule has 0 saturated carbocycles. The van der Waals surface area contributed by atoms with Crippen LogP contribution in [0.25, 0.3) is 0 Å². The summed E-state index contributed by atoms with van der Waals surface area (Å²) in [4.78, 5) is 13.8. The lowest BCUT2D eigenvalue weighted by Gasteiger charge is -2.32. The average molecular weight is 539 g/mol. The molecule has 1 atom stereocenters. The van der Waals surface area contributed by atoms with Crippen LogP contribution in [-0.4, -0.2) is 68.4 Å². The Labute approximate surface area is 202 Å². The minimum Gasteiger partial charge on any atom is -0.492 e. The molecule has 1 fully saturated rings. The number of hydrogen-bond acceptors (Lipinski definition) is 5. The number of morpholine rings is 1. The number of ether oxygens (including phenoxy) is 2. The molecule has 1 unspecified atom stereocenters. The highest BCUT2D eigenvalue weighted by Gasteiger charge is 2.17. The van der Waals surface area contributed by atoms with Gasteiger partial charge in [0.05, 0.1) is 25.8 Å². The van der Waals surface area contributed by atoms with E-state index < -0.39 is 0 Å². The van der Waals surface area contributed by atoms with Gasteiger partial charge in [0, 0.05) is 32.9 Å². The normalized spacial score (nSPS) is 16.4. The van der Waals surface area contributed by atoms with Crippen molar-refractivity contribution in [2.75, 3.05) is 51.3 Å². The van der Waals surface area contributed by atoms with Crippen molar-refractivity contribution >= 4 is 35.8 Å². The SMILES string of the molecule is CCNC(=NCc1ccc(N2CCOC(C)C2)nc1)N(C)CCOc1ccccc1.I. The van der Waals surface area contributed by atoms with Gasteiger partial charge in [-0.1, -0.05) is 24.3 Å². The zero-order chi connectivity index (χ0) is 21.2. The Morgan fingerprint density at radius 2 is 2.10 bits per heavy atom. The minimum atomic E-state index is 0. The summed E-state index contributed by atoms with van der Waals surface area (Å²) in [5.41, 5.74) is 1.09. The third-order valence-electron chi connectivity index (χ3n) is 4.92. The van der Waals surface area contributed by atoms with Crippen molar-refractivity contribution in [3.8, 4) is 5.75 Å². The van der Waals surface area contributed by atoms with Crippen molar-refractivity contribution in [2.24, 2.45) is 4.99 Å². The Hall–Kier alpha value is -2.07. The fourth-order valence-electron chi connectivity index (χ4n) is 3.28. The smallest absolute Gasteiger partial charge is 0.194 e. The lowest BCUT2D eigenvalue weighted by molar-refractivity contribution is 0.0529. The molecule has 1 saturated heterocycles. The van der Waals surface area contributed by atoms with Crippen molar-refractivity contribution in [3.05, 3.63) is 54.2 Å². The highest BCUT2D eigenvalue weighted by Crippen LogP contribution is 2.16. The van der Waals surface area contributed by atoms with Crippen LogP contribution in [0.3, 0.4) is 0 Å². The van der Waals surface area contributed by atoms with Gasteiger partial charge in [0.25, 0.3) is 0 Å². The van der Waals surface area contributed by atoms with Crippen LogP contribution in [0.15, 0.2) is 53.7 Å². The summed E-state index contributed by atoms with van der Waals surface area (Å²) in [6.07, 6.45) is 2.16. The molecule has 1 aliphatic heterocycles. The average Bonchev–Trinajstić information content (AvgIpc) is 2.77. The molecule has 3 rings (SSSR count). The summed E-state index contributed by atoms with van der Waals surface area (Å²) in [6, 6.07) is 14.0. The van der Waals surface area contributed by atoms with Gasteiger partial charge in [0.1, 0.15) is 18.2 Å². The van der Waals surface area contributed by atoms with E-state index in [-0.39, 0.29) is 30.1 Å². The van der Waals surface area contributed by atoms with Gasteiger partial charge in [-0.25, -0.2) is 9.98 Å². The van der Waals surface area contributed by atoms with Gasteiger partial charge < -0.3 is 24.6 Å². The van der Waals surface area contributed by atoms with E-state index in [2.05, 4.69) is 46.1 Å². The highest BCUT2D eigenvalue weighted by molar-refractivity contribution is 14.0. The maximum atomic E-state index is 5.80. The number of aliphatic imine (C=N–C) groups is 1. The van der Waals surface area contributed by atoms with Gasteiger partial charge >= 0.3 is 0 Å². The number of hydrogen-bond donors (Lipinski definition) is 1. The minimum absolute atomic E-state index is 0. The van der Waals surface area contributed by atoms with Crippen molar-refractivity contribution in [1.82, 2.24) is 15.2 Å². The van der Waals surface area contributed by atoms with E-state index in [0.717, 1.165) is 55.9 Å². The number of nitrogens with one attached hydrogen (secondary N) is 1. The monoisotopic (exact) mass is 539 g/mol. The molecule has 0 amide bonds. The summed E-state index contributed by atoms with van der Waals surface area (Å²) < 4.78 is 11.4. The lowest BCUT2D eigenvalue weighted by atomic mass is 10.2. The predicted molar refractivity (Wildman–Crippen MR) is 137 cm³/mol. The lowest BCUT2D eigenvalue weighted by Crippen LogP contribution is -2.41. The van der Waals surface area contributed by atoms with Gasteiger partial charge in [0.2, 0.25) is 0 Å². The fraction of sp³-hybridized carbons (Fsp3) is 0.478. The molecule has 2 heterocycles. The van der Waals surface area contributed by atoms with E-state index in [0.29, 0.717) is 13.2 Å². The quantitative estimate of drug-likeness (QED) is 0.315. The molecular weight excluding hydrogens is 505 g/mol. The number of pyridine rings is 1. The number of likely N-dealkylation sites (N-methyl/N-ethyl adjacent to an activating group) is 1. The molecular formula is C23H34IN5O2. The van der Waals surface area contributed by atoms with Gasteiger partial charge in [-0.15, -0.1) is 24.0 Å². The van der Waals surface area contributed by atoms with Crippen LogP contribution in [0.2, 0.25) is 0 Å². The van der Waals surface area contributed by atoms with E-state index in [1.54, 1.807) is 0 Å². The fourth-order valence-corrected chi connectivity index (χ4v) is 3.28. The number of anilines is 1. The zero-order valence-electron chi connectivity index (χ0n) is 18.7. The molecule has 1 aromatic carbocycles. The van der Waals surface area contributed by atoms with Crippen LogP contribution in [0.1, 0.15) is 19.4 Å². The summed E-state index contributed by atoms with van der Waals surface area (Å²) >= 11 is 0. The summed E-state index contributed by atoms with van der Waals surface area (Å²) in [6.45, 7) is 9.42. The van der Waals surface area contributed by atoms with Gasteiger partial charge in [0.15, 0.2) is 5.96 Å². The molecule has 1 N–H and O–H groups in total. The molecule has 0 bridgehead atoms. The second-order valence-electron chi connectivity index (χ2n) is 7.41. The molecule has 2 aromatic rings. The molecule has 0 aliphatic carbocycles. The molecule has 8 heteroatoms. The first-order valence-corrected chi connectivity index (χ1v) is 10.6. The third-order valence-corrected chi connectivity index (χ3v) is 4.92. The molecule has 170 valence electrons. The Morgan fingerprint density at radius 1 is 1.29 bits per heavy atom. The number of halogens is 1. The van der Waals surface area contributed by atoms with Gasteiger partial charge in [-0.3, -0.25) is 0 Å². The Morgan fingerprint density at radius 3 is 2.77 bits per heavy atom. The topological polar surface area (TPSA) is 62.2 Å². The van der Waals surface area contributed by atoms with E-state index in [4.69, 9.17) is 14.5 Å². The largest absolute Gasteiger partial charge is 0.492 e. The van der Waals surface area contributed by atoms with Crippen LogP contribution in [0.5, 0.6) is 5.75 Å². The van der Waals surface area contributed by atoms with Crippen LogP contribution in [0.4, 0.5) is 5.82 Å². The van der Waals surface area contributed by atoms with Crippen molar-refractivity contribution in [1.29, 1.82) is 0 Å². The summed E-state index contributed by atoms with van der Waals surface area (Å²) in [5.74, 6) is 2.74. The van der Waals surface area contributed by atoms with Crippen LogP contribution in [0, 0.1) is 0 Å². The molecule has 0 radical (unpaired) electrons. The molecule has 1 aromatic heterocycles. The number of aromatic nitrogens is 1. The number of para-hydroxylation sites is 1. The highest BCUT2D eigenvalue weighted by atomic mass is 127. The van der Waals surface area contributed by atoms with E-state index in [9.17, 15) is 0 Å². The first-order chi connectivity index (χ1) is 14.7. The third kappa shape index (κ3) is 8.17. The molecule has 31 heavy (non-hydrogen) atoms. The summed E-state index contributed by atoms with van der Waals surface area (Å²) in [7, 11) is 2.02. The van der Waals surface area contributed by atoms with Gasteiger partial charge in [-0.05, 0) is 37.6 Å². The molecule has 0 spiro atoms. The van der Waals surface area contributed by atoms with Crippen LogP contribution < -0.4 is 15.0 Å². The number of benzene rings is 1. The first kappa shape index (κ1) is 25.2. The standard InChI is InChI=1S/C23H33N5O2.HI/c1-4-24-23(27(3)12-14-30-21-8-6-5-7-9-21)26-17-20-10-11-22(25-16-20)28-13-15-29-19(2)18-28;/h5-11,16,19H,4,12-15,17-18H2,1-3H3,(H,24,26);1H. The summed E-state index contributed by atoms with van der Waals surface area (Å²) in [5, 5.41) is 3.35. The first-order valence-electron chi connectivity index (χ1n) is 10.6. The number of nitrogens with zero attached hydrogens (tertiary/aromatic N) is 4. The Balaban J connectivity index is 0.00000341. The van der Waals surface area contributed by atoms with Crippen molar-refractivity contribution < 1.29 is 9.47 Å². The van der Waals surface area contributed by atoms with Gasteiger partial charge in [-0.2, -0.15) is 0 Å². The van der Waals surface area contributed by atoms with Crippen LogP contribution >= 0.6 is 24.0 Å².